The van der Waals surface area contributed by atoms with Gasteiger partial charge in [-0.3, -0.25) is 14.5 Å². The van der Waals surface area contributed by atoms with Gasteiger partial charge in [-0.25, -0.2) is 9.98 Å². The number of aliphatic imine (C=N–C) groups is 1. The van der Waals surface area contributed by atoms with E-state index >= 15 is 0 Å². The van der Waals surface area contributed by atoms with Crippen LogP contribution in [0.15, 0.2) is 22.5 Å². The zero-order valence-electron chi connectivity index (χ0n) is 18.1. The minimum Gasteiger partial charge on any atom is -0.357 e. The van der Waals surface area contributed by atoms with Crippen LogP contribution in [0.4, 0.5) is 0 Å². The Balaban J connectivity index is 1.32. The Bertz CT molecular complexity index is 854. The molecule has 1 aromatic heterocycles. The highest BCUT2D eigenvalue weighted by molar-refractivity contribution is 7.09. The Morgan fingerprint density at radius 3 is 2.43 bits per heavy atom. The molecule has 8 heteroatoms. The van der Waals surface area contributed by atoms with Crippen molar-refractivity contribution in [2.24, 2.45) is 28.7 Å². The van der Waals surface area contributed by atoms with Crippen LogP contribution in [0, 0.1) is 23.7 Å². The standard InChI is InChI=1S/C22H31N5O2S/c1-5-23-21(25-11-15-12-30-20(26-15)22(2,3)4)24-8-9-27-18(28)16-13-6-7-14(10-13)17(16)19(27)29/h6-7,12-14,16-17H,5,8-11H2,1-4H3,(H2,23,24,25). The lowest BCUT2D eigenvalue weighted by Gasteiger charge is -2.18. The number of rotatable bonds is 6. The number of nitrogens with one attached hydrogen (secondary N) is 2. The maximum Gasteiger partial charge on any atom is 0.233 e. The molecule has 4 atom stereocenters. The van der Waals surface area contributed by atoms with E-state index in [1.54, 1.807) is 11.3 Å². The summed E-state index contributed by atoms with van der Waals surface area (Å²) in [5, 5.41) is 9.62. The highest BCUT2D eigenvalue weighted by Gasteiger charge is 2.58. The van der Waals surface area contributed by atoms with Crippen molar-refractivity contribution in [1.82, 2.24) is 20.5 Å². The molecule has 2 N–H and O–H groups in total. The van der Waals surface area contributed by atoms with Crippen molar-refractivity contribution in [3.05, 3.63) is 28.2 Å². The van der Waals surface area contributed by atoms with Crippen molar-refractivity contribution in [3.8, 4) is 0 Å². The fourth-order valence-electron chi connectivity index (χ4n) is 4.70. The van der Waals surface area contributed by atoms with Crippen LogP contribution in [0.2, 0.25) is 0 Å². The van der Waals surface area contributed by atoms with Gasteiger partial charge in [0.2, 0.25) is 11.8 Å². The summed E-state index contributed by atoms with van der Waals surface area (Å²) in [6.45, 7) is 10.5. The second kappa shape index (κ2) is 8.13. The van der Waals surface area contributed by atoms with Crippen LogP contribution < -0.4 is 10.6 Å². The lowest BCUT2D eigenvalue weighted by atomic mass is 9.85. The lowest BCUT2D eigenvalue weighted by Crippen LogP contribution is -2.43. The maximum atomic E-state index is 12.8. The van der Waals surface area contributed by atoms with Crippen molar-refractivity contribution in [2.75, 3.05) is 19.6 Å². The van der Waals surface area contributed by atoms with Crippen molar-refractivity contribution in [2.45, 2.75) is 46.1 Å². The lowest BCUT2D eigenvalue weighted by molar-refractivity contribution is -0.140. The normalized spacial score (nSPS) is 27.9. The second-order valence-electron chi connectivity index (χ2n) is 9.34. The average molecular weight is 430 g/mol. The molecule has 0 aromatic carbocycles. The van der Waals surface area contributed by atoms with Gasteiger partial charge in [-0.2, -0.15) is 0 Å². The van der Waals surface area contributed by atoms with Crippen molar-refractivity contribution < 1.29 is 9.59 Å². The molecule has 2 heterocycles. The summed E-state index contributed by atoms with van der Waals surface area (Å²) >= 11 is 1.66. The first-order valence-electron chi connectivity index (χ1n) is 10.8. The summed E-state index contributed by atoms with van der Waals surface area (Å²) in [4.78, 5) is 36.3. The third-order valence-corrected chi connectivity index (χ3v) is 7.44. The summed E-state index contributed by atoms with van der Waals surface area (Å²) in [5.74, 6) is 0.926. The second-order valence-corrected chi connectivity index (χ2v) is 10.2. The number of carbonyl (C=O) groups excluding carboxylic acids is 2. The number of hydrogen-bond acceptors (Lipinski definition) is 5. The molecule has 1 saturated heterocycles. The number of aromatic nitrogens is 1. The van der Waals surface area contributed by atoms with Crippen LogP contribution in [0.3, 0.4) is 0 Å². The Hall–Kier alpha value is -2.22. The summed E-state index contributed by atoms with van der Waals surface area (Å²) in [7, 11) is 0. The van der Waals surface area contributed by atoms with Crippen LogP contribution >= 0.6 is 11.3 Å². The minimum absolute atomic E-state index is 0.00257. The van der Waals surface area contributed by atoms with Gasteiger partial charge in [0.05, 0.1) is 29.1 Å². The van der Waals surface area contributed by atoms with Gasteiger partial charge in [0.25, 0.3) is 0 Å². The highest BCUT2D eigenvalue weighted by Crippen LogP contribution is 2.52. The first kappa shape index (κ1) is 21.0. The molecule has 3 aliphatic rings. The zero-order valence-corrected chi connectivity index (χ0v) is 19.0. The van der Waals surface area contributed by atoms with Crippen LogP contribution in [0.25, 0.3) is 0 Å². The molecule has 2 bridgehead atoms. The zero-order chi connectivity index (χ0) is 21.5. The molecule has 2 fully saturated rings. The molecule has 1 aliphatic heterocycles. The van der Waals surface area contributed by atoms with Gasteiger partial charge >= 0.3 is 0 Å². The van der Waals surface area contributed by atoms with E-state index in [0.717, 1.165) is 23.7 Å². The Labute approximate surface area is 182 Å². The summed E-state index contributed by atoms with van der Waals surface area (Å²) < 4.78 is 0. The smallest absolute Gasteiger partial charge is 0.233 e. The molecule has 2 aliphatic carbocycles. The maximum absolute atomic E-state index is 12.8. The SMILES string of the molecule is CCNC(=NCc1csc(C(C)(C)C)n1)NCCN1C(=O)C2C3C=CC(C3)C2C1=O. The van der Waals surface area contributed by atoms with E-state index in [9.17, 15) is 9.59 Å². The van der Waals surface area contributed by atoms with Crippen LogP contribution in [-0.4, -0.2) is 47.3 Å². The number of likely N-dealkylation sites (tertiary alicyclic amines) is 1. The van der Waals surface area contributed by atoms with E-state index in [1.165, 1.54) is 4.90 Å². The predicted octanol–water partition coefficient (Wildman–Crippen LogP) is 2.30. The Kier molecular flexibility index (Phi) is 5.70. The van der Waals surface area contributed by atoms with E-state index < -0.39 is 0 Å². The summed E-state index contributed by atoms with van der Waals surface area (Å²) in [6.07, 6.45) is 5.21. The van der Waals surface area contributed by atoms with Gasteiger partial charge in [-0.05, 0) is 25.2 Å². The fraction of sp³-hybridized carbons (Fsp3) is 0.636. The number of fused-ring (bicyclic) bond motifs is 5. The molecule has 1 saturated carbocycles. The van der Waals surface area contributed by atoms with Gasteiger partial charge in [0.15, 0.2) is 5.96 Å². The highest BCUT2D eigenvalue weighted by atomic mass is 32.1. The van der Waals surface area contributed by atoms with E-state index in [2.05, 4.69) is 58.9 Å². The van der Waals surface area contributed by atoms with E-state index in [-0.39, 0.29) is 40.9 Å². The summed E-state index contributed by atoms with van der Waals surface area (Å²) in [5.41, 5.74) is 0.986. The fourth-order valence-corrected chi connectivity index (χ4v) is 5.59. The molecule has 1 aromatic rings. The summed E-state index contributed by atoms with van der Waals surface area (Å²) in [6, 6.07) is 0. The Morgan fingerprint density at radius 1 is 1.20 bits per heavy atom. The molecule has 162 valence electrons. The number of thiazole rings is 1. The van der Waals surface area contributed by atoms with Crippen molar-refractivity contribution in [3.63, 3.8) is 0 Å². The van der Waals surface area contributed by atoms with Gasteiger partial charge in [-0.15, -0.1) is 11.3 Å². The number of nitrogens with zero attached hydrogens (tertiary/aromatic N) is 3. The molecular weight excluding hydrogens is 398 g/mol. The number of amides is 2. The number of guanidine groups is 1. The molecular formula is C22H31N5O2S. The number of imide groups is 1. The largest absolute Gasteiger partial charge is 0.357 e. The van der Waals surface area contributed by atoms with Crippen molar-refractivity contribution >= 4 is 29.1 Å². The first-order chi connectivity index (χ1) is 14.3. The van der Waals surface area contributed by atoms with E-state index in [1.807, 2.05) is 6.92 Å². The number of carbonyl (C=O) groups is 2. The van der Waals surface area contributed by atoms with E-state index in [0.29, 0.717) is 25.6 Å². The third kappa shape index (κ3) is 3.89. The predicted molar refractivity (Wildman–Crippen MR) is 118 cm³/mol. The first-order valence-corrected chi connectivity index (χ1v) is 11.7. The molecule has 4 unspecified atom stereocenters. The topological polar surface area (TPSA) is 86.7 Å². The molecule has 2 amide bonds. The van der Waals surface area contributed by atoms with Crippen LogP contribution in [-0.2, 0) is 21.5 Å². The van der Waals surface area contributed by atoms with Gasteiger partial charge in [0, 0.05) is 30.4 Å². The molecule has 0 spiro atoms. The average Bonchev–Trinajstić information content (AvgIpc) is 3.45. The van der Waals surface area contributed by atoms with Crippen LogP contribution in [0.1, 0.15) is 44.8 Å². The third-order valence-electron chi connectivity index (χ3n) is 6.13. The molecule has 4 rings (SSSR count). The van der Waals surface area contributed by atoms with Crippen molar-refractivity contribution in [1.29, 1.82) is 0 Å². The molecule has 0 radical (unpaired) electrons. The minimum atomic E-state index is -0.129. The van der Waals surface area contributed by atoms with E-state index in [4.69, 9.17) is 0 Å². The quantitative estimate of drug-likeness (QED) is 0.314. The van der Waals surface area contributed by atoms with Gasteiger partial charge in [-0.1, -0.05) is 32.9 Å². The Morgan fingerprint density at radius 2 is 1.87 bits per heavy atom. The van der Waals surface area contributed by atoms with Gasteiger partial charge in [0.1, 0.15) is 0 Å². The monoisotopic (exact) mass is 429 g/mol. The molecule has 7 nitrogen and oxygen atoms in total. The number of hydrogen-bond donors (Lipinski definition) is 2. The van der Waals surface area contributed by atoms with Crippen LogP contribution in [0.5, 0.6) is 0 Å². The number of allylic oxidation sites excluding steroid dienone is 2. The van der Waals surface area contributed by atoms with Gasteiger partial charge < -0.3 is 10.6 Å². The molecule has 30 heavy (non-hydrogen) atoms.